The summed E-state index contributed by atoms with van der Waals surface area (Å²) >= 11 is 0. The molecule has 1 amide bonds. The van der Waals surface area contributed by atoms with Gasteiger partial charge in [0.15, 0.2) is 0 Å². The second-order valence-electron chi connectivity index (χ2n) is 7.38. The van der Waals surface area contributed by atoms with Crippen LogP contribution >= 0.6 is 0 Å². The Kier molecular flexibility index (Phi) is 4.76. The van der Waals surface area contributed by atoms with Crippen LogP contribution in [0.2, 0.25) is 0 Å². The molecule has 6 heteroatoms. The molecule has 2 aliphatic rings. The van der Waals surface area contributed by atoms with Gasteiger partial charge in [0.2, 0.25) is 0 Å². The second kappa shape index (κ2) is 7.19. The molecule has 0 saturated carbocycles. The normalized spacial score (nSPS) is 19.5. The molecule has 0 aromatic carbocycles. The second-order valence-corrected chi connectivity index (χ2v) is 7.38. The number of H-pyrrole nitrogens is 1. The molecule has 0 unspecified atom stereocenters. The smallest absolute Gasteiger partial charge is 0.253 e. The molecule has 2 aromatic rings. The number of unbranched alkanes of at least 4 members (excludes halogenated alkanes) is 1. The predicted octanol–water partition coefficient (Wildman–Crippen LogP) is 2.59. The molecule has 6 nitrogen and oxygen atoms in total. The number of aromatic nitrogens is 3. The third-order valence-corrected chi connectivity index (χ3v) is 5.98. The molecule has 1 saturated heterocycles. The Morgan fingerprint density at radius 2 is 2.00 bits per heavy atom. The van der Waals surface area contributed by atoms with Crippen molar-refractivity contribution in [3.05, 3.63) is 47.8 Å². The fourth-order valence-electron chi connectivity index (χ4n) is 4.51. The maximum Gasteiger partial charge on any atom is 0.253 e. The molecule has 138 valence electrons. The average Bonchev–Trinajstić information content (AvgIpc) is 3.18. The van der Waals surface area contributed by atoms with Crippen molar-refractivity contribution in [3.8, 4) is 0 Å². The van der Waals surface area contributed by atoms with Crippen molar-refractivity contribution in [2.24, 2.45) is 0 Å². The molecule has 0 aliphatic carbocycles. The summed E-state index contributed by atoms with van der Waals surface area (Å²) in [6.07, 6.45) is 10.6. The lowest BCUT2D eigenvalue weighted by Crippen LogP contribution is -2.57. The number of carbonyl (C=O) groups is 1. The van der Waals surface area contributed by atoms with E-state index in [1.165, 1.54) is 24.2 Å². The number of carbonyl (C=O) groups excluding carboxylic acids is 1. The molecule has 1 spiro atoms. The number of amides is 1. The van der Waals surface area contributed by atoms with E-state index < -0.39 is 0 Å². The highest BCUT2D eigenvalue weighted by Crippen LogP contribution is 2.42. The molecule has 2 aliphatic heterocycles. The van der Waals surface area contributed by atoms with Crippen LogP contribution in [-0.4, -0.2) is 56.8 Å². The number of nitrogens with one attached hydrogen (secondary N) is 1. The van der Waals surface area contributed by atoms with Gasteiger partial charge in [-0.05, 0) is 37.9 Å². The van der Waals surface area contributed by atoms with Gasteiger partial charge >= 0.3 is 0 Å². The van der Waals surface area contributed by atoms with Crippen LogP contribution in [0.3, 0.4) is 0 Å². The van der Waals surface area contributed by atoms with Gasteiger partial charge in [0, 0.05) is 49.7 Å². The first-order chi connectivity index (χ1) is 12.7. The third kappa shape index (κ3) is 2.92. The van der Waals surface area contributed by atoms with Crippen LogP contribution in [0.25, 0.3) is 0 Å². The summed E-state index contributed by atoms with van der Waals surface area (Å²) in [5.41, 5.74) is 3.21. The van der Waals surface area contributed by atoms with Crippen LogP contribution in [0.5, 0.6) is 0 Å². The summed E-state index contributed by atoms with van der Waals surface area (Å²) < 4.78 is 0. The fraction of sp³-hybridized carbons (Fsp3) is 0.550. The van der Waals surface area contributed by atoms with Crippen LogP contribution in [0.4, 0.5) is 0 Å². The molecule has 1 fully saturated rings. The minimum Gasteiger partial charge on any atom is -0.348 e. The van der Waals surface area contributed by atoms with Gasteiger partial charge in [-0.2, -0.15) is 0 Å². The molecule has 0 radical (unpaired) electrons. The Balaban J connectivity index is 1.54. The maximum atomic E-state index is 12.8. The predicted molar refractivity (Wildman–Crippen MR) is 99.8 cm³/mol. The Bertz CT molecular complexity index is 749. The van der Waals surface area contributed by atoms with Crippen LogP contribution in [0.15, 0.2) is 30.9 Å². The Morgan fingerprint density at radius 1 is 1.23 bits per heavy atom. The highest BCUT2D eigenvalue weighted by molar-refractivity contribution is 5.94. The van der Waals surface area contributed by atoms with Crippen LogP contribution in [-0.2, 0) is 12.0 Å². The summed E-state index contributed by atoms with van der Waals surface area (Å²) in [5, 5.41) is 0. The minimum atomic E-state index is -0.0161. The van der Waals surface area contributed by atoms with E-state index in [4.69, 9.17) is 4.98 Å². The van der Waals surface area contributed by atoms with Crippen molar-refractivity contribution < 1.29 is 4.79 Å². The van der Waals surface area contributed by atoms with Crippen molar-refractivity contribution in [2.75, 3.05) is 26.2 Å². The molecule has 4 rings (SSSR count). The third-order valence-electron chi connectivity index (χ3n) is 5.98. The quantitative estimate of drug-likeness (QED) is 0.918. The SMILES string of the molecule is CCCCN1CCc2[nH]cnc2C12CCN(C(=O)c1ccncc1)CC2. The number of imidazole rings is 1. The molecule has 1 N–H and O–H groups in total. The Hall–Kier alpha value is -2.21. The number of fused-ring (bicyclic) bond motifs is 2. The number of piperidine rings is 1. The number of pyridine rings is 1. The lowest BCUT2D eigenvalue weighted by atomic mass is 9.78. The van der Waals surface area contributed by atoms with Gasteiger partial charge in [-0.25, -0.2) is 4.98 Å². The molecule has 0 atom stereocenters. The number of hydrogen-bond acceptors (Lipinski definition) is 4. The van der Waals surface area contributed by atoms with Gasteiger partial charge in [-0.1, -0.05) is 13.3 Å². The van der Waals surface area contributed by atoms with Crippen LogP contribution in [0.1, 0.15) is 54.4 Å². The number of likely N-dealkylation sites (tertiary alicyclic amines) is 1. The lowest BCUT2D eigenvalue weighted by molar-refractivity contribution is 0.00631. The Labute approximate surface area is 154 Å². The standard InChI is InChI=1S/C20H27N5O/c1-2-3-11-25-12-6-17-18(23-15-22-17)20(25)7-13-24(14-8-20)19(26)16-4-9-21-10-5-16/h4-5,9-10,15H,2-3,6-8,11-14H2,1H3,(H,22,23). The molecular weight excluding hydrogens is 326 g/mol. The molecule has 0 bridgehead atoms. The summed E-state index contributed by atoms with van der Waals surface area (Å²) in [6.45, 7) is 5.98. The van der Waals surface area contributed by atoms with Crippen molar-refractivity contribution in [1.29, 1.82) is 0 Å². The number of hydrogen-bond donors (Lipinski definition) is 1. The highest BCUT2D eigenvalue weighted by Gasteiger charge is 2.46. The highest BCUT2D eigenvalue weighted by atomic mass is 16.2. The van der Waals surface area contributed by atoms with E-state index in [0.717, 1.165) is 51.0 Å². The van der Waals surface area contributed by atoms with E-state index >= 15 is 0 Å². The van der Waals surface area contributed by atoms with E-state index in [1.807, 2.05) is 11.2 Å². The maximum absolute atomic E-state index is 12.8. The number of rotatable bonds is 4. The Morgan fingerprint density at radius 3 is 2.73 bits per heavy atom. The first-order valence-corrected chi connectivity index (χ1v) is 9.71. The van der Waals surface area contributed by atoms with Gasteiger partial charge < -0.3 is 9.88 Å². The molecule has 2 aromatic heterocycles. The molecular formula is C20H27N5O. The summed E-state index contributed by atoms with van der Waals surface area (Å²) in [4.78, 5) is 29.5. The van der Waals surface area contributed by atoms with Gasteiger partial charge in [0.25, 0.3) is 5.91 Å². The van der Waals surface area contributed by atoms with Crippen molar-refractivity contribution >= 4 is 5.91 Å². The fourth-order valence-corrected chi connectivity index (χ4v) is 4.51. The molecule has 26 heavy (non-hydrogen) atoms. The van der Waals surface area contributed by atoms with Crippen molar-refractivity contribution in [1.82, 2.24) is 24.8 Å². The van der Waals surface area contributed by atoms with Crippen LogP contribution < -0.4 is 0 Å². The average molecular weight is 353 g/mol. The van der Waals surface area contributed by atoms with Gasteiger partial charge in [-0.15, -0.1) is 0 Å². The largest absolute Gasteiger partial charge is 0.348 e. The van der Waals surface area contributed by atoms with Gasteiger partial charge in [0.1, 0.15) is 0 Å². The first-order valence-electron chi connectivity index (χ1n) is 9.71. The summed E-state index contributed by atoms with van der Waals surface area (Å²) in [6, 6.07) is 3.60. The first kappa shape index (κ1) is 17.2. The van der Waals surface area contributed by atoms with E-state index in [9.17, 15) is 4.79 Å². The van der Waals surface area contributed by atoms with E-state index in [2.05, 4.69) is 21.8 Å². The summed E-state index contributed by atoms with van der Waals surface area (Å²) in [5.74, 6) is 0.111. The van der Waals surface area contributed by atoms with E-state index in [1.54, 1.807) is 24.5 Å². The van der Waals surface area contributed by atoms with Crippen LogP contribution in [0, 0.1) is 0 Å². The lowest BCUT2D eigenvalue weighted by Gasteiger charge is -2.50. The zero-order valence-electron chi connectivity index (χ0n) is 15.4. The zero-order valence-corrected chi connectivity index (χ0v) is 15.4. The van der Waals surface area contributed by atoms with Crippen molar-refractivity contribution in [3.63, 3.8) is 0 Å². The zero-order chi connectivity index (χ0) is 18.0. The summed E-state index contributed by atoms with van der Waals surface area (Å²) in [7, 11) is 0. The van der Waals surface area contributed by atoms with Gasteiger partial charge in [-0.3, -0.25) is 14.7 Å². The molecule has 4 heterocycles. The minimum absolute atomic E-state index is 0.0161. The monoisotopic (exact) mass is 353 g/mol. The number of nitrogens with zero attached hydrogens (tertiary/aromatic N) is 4. The topological polar surface area (TPSA) is 65.1 Å². The van der Waals surface area contributed by atoms with E-state index in [0.29, 0.717) is 0 Å². The number of aromatic amines is 1. The van der Waals surface area contributed by atoms with Gasteiger partial charge in [0.05, 0.1) is 17.6 Å². The van der Waals surface area contributed by atoms with E-state index in [-0.39, 0.29) is 11.4 Å². The van der Waals surface area contributed by atoms with Crippen molar-refractivity contribution in [2.45, 2.75) is 44.6 Å².